The number of ether oxygens (including phenoxy) is 1. The molecule has 3 aromatic rings. The number of halogens is 1. The van der Waals surface area contributed by atoms with Gasteiger partial charge in [-0.25, -0.2) is 4.79 Å². The summed E-state index contributed by atoms with van der Waals surface area (Å²) in [7, 11) is 0. The van der Waals surface area contributed by atoms with Crippen LogP contribution in [0.5, 0.6) is 5.75 Å². The highest BCUT2D eigenvalue weighted by atomic mass is 35.5. The zero-order valence-electron chi connectivity index (χ0n) is 21.3. The topological polar surface area (TPSA) is 70.6 Å². The van der Waals surface area contributed by atoms with Crippen LogP contribution < -0.4 is 10.4 Å². The number of hydrogen-bond acceptors (Lipinski definition) is 4. The lowest BCUT2D eigenvalue weighted by Gasteiger charge is -2.32. The van der Waals surface area contributed by atoms with Gasteiger partial charge in [-0.1, -0.05) is 36.8 Å². The summed E-state index contributed by atoms with van der Waals surface area (Å²) >= 11 is 0. The SMILES string of the molecule is Cl.O=C(c1ccc(OCCCN2CCCCC2)cc1)N1CCC(n2cc(-c3ccccc3)[nH]c2=O)CC1. The zero-order valence-corrected chi connectivity index (χ0v) is 22.1. The molecule has 2 saturated heterocycles. The van der Waals surface area contributed by atoms with E-state index in [1.807, 2.05) is 65.7 Å². The van der Waals surface area contributed by atoms with Gasteiger partial charge in [-0.2, -0.15) is 0 Å². The minimum atomic E-state index is -0.0925. The van der Waals surface area contributed by atoms with Crippen molar-refractivity contribution in [2.45, 2.75) is 44.6 Å². The molecule has 1 N–H and O–H groups in total. The number of amides is 1. The number of aromatic nitrogens is 2. The van der Waals surface area contributed by atoms with Crippen molar-refractivity contribution in [3.05, 3.63) is 76.8 Å². The number of benzene rings is 2. The number of likely N-dealkylation sites (tertiary alicyclic amines) is 2. The lowest BCUT2D eigenvalue weighted by atomic mass is 10.0. The van der Waals surface area contributed by atoms with E-state index in [0.717, 1.165) is 42.8 Å². The maximum atomic E-state index is 13.1. The van der Waals surface area contributed by atoms with Crippen molar-refractivity contribution in [2.24, 2.45) is 0 Å². The summed E-state index contributed by atoms with van der Waals surface area (Å²) in [5.41, 5.74) is 2.41. The number of H-pyrrole nitrogens is 1. The second-order valence-corrected chi connectivity index (χ2v) is 9.90. The number of nitrogens with one attached hydrogen (secondary N) is 1. The molecular formula is C29H37ClN4O3. The molecule has 198 valence electrons. The number of carbonyl (C=O) groups is 1. The monoisotopic (exact) mass is 524 g/mol. The van der Waals surface area contributed by atoms with Gasteiger partial charge in [-0.15, -0.1) is 12.4 Å². The highest BCUT2D eigenvalue weighted by Crippen LogP contribution is 2.25. The van der Waals surface area contributed by atoms with Gasteiger partial charge >= 0.3 is 5.69 Å². The lowest BCUT2D eigenvalue weighted by molar-refractivity contribution is 0.0693. The molecule has 8 heteroatoms. The molecule has 5 rings (SSSR count). The third-order valence-electron chi connectivity index (χ3n) is 7.41. The molecule has 1 amide bonds. The fourth-order valence-electron chi connectivity index (χ4n) is 5.33. The maximum Gasteiger partial charge on any atom is 0.326 e. The smallest absolute Gasteiger partial charge is 0.326 e. The quantitative estimate of drug-likeness (QED) is 0.421. The van der Waals surface area contributed by atoms with Crippen LogP contribution in [-0.2, 0) is 0 Å². The molecule has 2 aliphatic rings. The van der Waals surface area contributed by atoms with Crippen molar-refractivity contribution >= 4 is 18.3 Å². The second kappa shape index (κ2) is 13.0. The van der Waals surface area contributed by atoms with Gasteiger partial charge < -0.3 is 19.5 Å². The van der Waals surface area contributed by atoms with Gasteiger partial charge in [0.1, 0.15) is 5.75 Å². The van der Waals surface area contributed by atoms with Crippen molar-refractivity contribution < 1.29 is 9.53 Å². The average Bonchev–Trinajstić information content (AvgIpc) is 3.34. The van der Waals surface area contributed by atoms with Gasteiger partial charge in [0.2, 0.25) is 0 Å². The first kappa shape index (κ1) is 27.0. The van der Waals surface area contributed by atoms with E-state index in [1.54, 1.807) is 4.57 Å². The molecule has 0 atom stereocenters. The average molecular weight is 525 g/mol. The Hall–Kier alpha value is -3.03. The summed E-state index contributed by atoms with van der Waals surface area (Å²) in [5.74, 6) is 0.849. The van der Waals surface area contributed by atoms with Crippen molar-refractivity contribution in [2.75, 3.05) is 39.3 Å². The van der Waals surface area contributed by atoms with E-state index in [1.165, 1.54) is 32.4 Å². The van der Waals surface area contributed by atoms with E-state index < -0.39 is 0 Å². The van der Waals surface area contributed by atoms with Gasteiger partial charge in [-0.3, -0.25) is 9.36 Å². The Morgan fingerprint density at radius 2 is 1.62 bits per heavy atom. The van der Waals surface area contributed by atoms with E-state index in [2.05, 4.69) is 9.88 Å². The van der Waals surface area contributed by atoms with Gasteiger partial charge in [-0.05, 0) is 75.0 Å². The normalized spacial score (nSPS) is 16.8. The predicted molar refractivity (Wildman–Crippen MR) is 149 cm³/mol. The minimum Gasteiger partial charge on any atom is -0.494 e. The zero-order chi connectivity index (χ0) is 24.7. The fourth-order valence-corrected chi connectivity index (χ4v) is 5.33. The van der Waals surface area contributed by atoms with Crippen molar-refractivity contribution in [1.82, 2.24) is 19.4 Å². The number of piperidine rings is 2. The molecule has 0 unspecified atom stereocenters. The Bertz CT molecular complexity index is 1180. The van der Waals surface area contributed by atoms with E-state index in [9.17, 15) is 9.59 Å². The molecule has 0 aliphatic carbocycles. The predicted octanol–water partition coefficient (Wildman–Crippen LogP) is 5.00. The maximum absolute atomic E-state index is 13.1. The van der Waals surface area contributed by atoms with Gasteiger partial charge in [0.15, 0.2) is 0 Å². The highest BCUT2D eigenvalue weighted by Gasteiger charge is 2.26. The van der Waals surface area contributed by atoms with E-state index in [0.29, 0.717) is 25.3 Å². The molecule has 2 aliphatic heterocycles. The number of imidazole rings is 1. The Labute approximate surface area is 224 Å². The van der Waals surface area contributed by atoms with Crippen LogP contribution in [0.1, 0.15) is 54.9 Å². The summed E-state index contributed by atoms with van der Waals surface area (Å²) in [4.78, 5) is 33.0. The Balaban J connectivity index is 0.00000320. The van der Waals surface area contributed by atoms with Crippen LogP contribution in [0.15, 0.2) is 65.6 Å². The Kier molecular flexibility index (Phi) is 9.47. The molecule has 0 radical (unpaired) electrons. The summed E-state index contributed by atoms with van der Waals surface area (Å²) in [6.45, 7) is 5.49. The van der Waals surface area contributed by atoms with Crippen LogP contribution in [0, 0.1) is 0 Å². The number of carbonyl (C=O) groups excluding carboxylic acids is 1. The first-order valence-electron chi connectivity index (χ1n) is 13.3. The second-order valence-electron chi connectivity index (χ2n) is 9.90. The van der Waals surface area contributed by atoms with E-state index in [-0.39, 0.29) is 30.0 Å². The van der Waals surface area contributed by atoms with E-state index >= 15 is 0 Å². The molecule has 37 heavy (non-hydrogen) atoms. The first-order valence-corrected chi connectivity index (χ1v) is 13.3. The van der Waals surface area contributed by atoms with Gasteiger partial charge in [0, 0.05) is 37.4 Å². The molecule has 7 nitrogen and oxygen atoms in total. The van der Waals surface area contributed by atoms with Crippen molar-refractivity contribution in [1.29, 1.82) is 0 Å². The Morgan fingerprint density at radius 3 is 2.32 bits per heavy atom. The summed E-state index contributed by atoms with van der Waals surface area (Å²) in [5, 5.41) is 0. The molecule has 3 heterocycles. The van der Waals surface area contributed by atoms with Crippen LogP contribution >= 0.6 is 12.4 Å². The largest absolute Gasteiger partial charge is 0.494 e. The number of hydrogen-bond donors (Lipinski definition) is 1. The molecular weight excluding hydrogens is 488 g/mol. The standard InChI is InChI=1S/C29H36N4O3.ClH/c34-28(24-10-12-26(13-11-24)36-21-7-18-31-16-5-2-6-17-31)32-19-14-25(15-20-32)33-22-27(30-29(33)35)23-8-3-1-4-9-23;/h1,3-4,8-13,22,25H,2,5-7,14-21H2,(H,30,35);1H. The van der Waals surface area contributed by atoms with Crippen molar-refractivity contribution in [3.63, 3.8) is 0 Å². The minimum absolute atomic E-state index is 0. The molecule has 0 saturated carbocycles. The first-order chi connectivity index (χ1) is 17.7. The molecule has 2 aromatic carbocycles. The third kappa shape index (κ3) is 6.84. The number of nitrogens with zero attached hydrogens (tertiary/aromatic N) is 3. The molecule has 0 spiro atoms. The molecule has 1 aromatic heterocycles. The van der Waals surface area contributed by atoms with Crippen molar-refractivity contribution in [3.8, 4) is 17.0 Å². The van der Waals surface area contributed by atoms with Crippen LogP contribution in [0.25, 0.3) is 11.3 Å². The highest BCUT2D eigenvalue weighted by molar-refractivity contribution is 5.94. The number of aromatic amines is 1. The van der Waals surface area contributed by atoms with E-state index in [4.69, 9.17) is 4.74 Å². The number of rotatable bonds is 8. The fraction of sp³-hybridized carbons (Fsp3) is 0.448. The van der Waals surface area contributed by atoms with Crippen LogP contribution in [0.4, 0.5) is 0 Å². The molecule has 0 bridgehead atoms. The summed E-state index contributed by atoms with van der Waals surface area (Å²) in [6, 6.07) is 17.5. The van der Waals surface area contributed by atoms with Gasteiger partial charge in [0.25, 0.3) is 5.91 Å². The summed E-state index contributed by atoms with van der Waals surface area (Å²) < 4.78 is 7.69. The van der Waals surface area contributed by atoms with Crippen LogP contribution in [0.2, 0.25) is 0 Å². The third-order valence-corrected chi connectivity index (χ3v) is 7.41. The van der Waals surface area contributed by atoms with Crippen LogP contribution in [0.3, 0.4) is 0 Å². The van der Waals surface area contributed by atoms with Crippen LogP contribution in [-0.4, -0.2) is 64.6 Å². The molecule has 2 fully saturated rings. The Morgan fingerprint density at radius 1 is 0.919 bits per heavy atom. The van der Waals surface area contributed by atoms with Gasteiger partial charge in [0.05, 0.1) is 12.3 Å². The lowest BCUT2D eigenvalue weighted by Crippen LogP contribution is -2.40. The summed E-state index contributed by atoms with van der Waals surface area (Å²) in [6.07, 6.45) is 8.43.